The van der Waals surface area contributed by atoms with Gasteiger partial charge in [0.05, 0.1) is 0 Å². The summed E-state index contributed by atoms with van der Waals surface area (Å²) < 4.78 is 0. The van der Waals surface area contributed by atoms with E-state index in [-0.39, 0.29) is 5.54 Å². The molecular weight excluding hydrogens is 124 g/mol. The Labute approximate surface area is 63.2 Å². The minimum atomic E-state index is 0.128. The van der Waals surface area contributed by atoms with E-state index < -0.39 is 0 Å². The molecule has 60 valence electrons. The van der Waals surface area contributed by atoms with Gasteiger partial charge in [-0.25, -0.2) is 0 Å². The summed E-state index contributed by atoms with van der Waals surface area (Å²) in [4.78, 5) is 0. The third-order valence-electron chi connectivity index (χ3n) is 2.42. The first-order valence-corrected chi connectivity index (χ1v) is 4.06. The fourth-order valence-corrected chi connectivity index (χ4v) is 1.74. The van der Waals surface area contributed by atoms with Crippen molar-refractivity contribution in [3.8, 4) is 0 Å². The van der Waals surface area contributed by atoms with E-state index in [0.29, 0.717) is 12.0 Å². The lowest BCUT2D eigenvalue weighted by Crippen LogP contribution is -2.48. The van der Waals surface area contributed by atoms with Crippen molar-refractivity contribution in [3.63, 3.8) is 0 Å². The second-order valence-electron chi connectivity index (χ2n) is 3.74. The first-order valence-electron chi connectivity index (χ1n) is 4.06. The van der Waals surface area contributed by atoms with Crippen LogP contribution < -0.4 is 11.1 Å². The molecule has 0 amide bonds. The molecule has 1 aliphatic rings. The topological polar surface area (TPSA) is 38.0 Å². The maximum absolute atomic E-state index is 6.04. The van der Waals surface area contributed by atoms with Crippen molar-refractivity contribution in [1.29, 1.82) is 0 Å². The quantitative estimate of drug-likeness (QED) is 0.609. The molecule has 0 spiro atoms. The molecule has 1 atom stereocenters. The monoisotopic (exact) mass is 142 g/mol. The van der Waals surface area contributed by atoms with Crippen LogP contribution in [0.2, 0.25) is 0 Å². The standard InChI is InChI=1S/C8H18N2/c1-6(2)7(10-3)8(9)4-5-8/h6-7,10H,4-5,9H2,1-3H3. The van der Waals surface area contributed by atoms with E-state index in [1.54, 1.807) is 0 Å². The lowest BCUT2D eigenvalue weighted by molar-refractivity contribution is 0.348. The van der Waals surface area contributed by atoms with Gasteiger partial charge in [0.25, 0.3) is 0 Å². The van der Waals surface area contributed by atoms with Crippen molar-refractivity contribution in [2.75, 3.05) is 7.05 Å². The molecule has 0 aromatic carbocycles. The van der Waals surface area contributed by atoms with Crippen LogP contribution >= 0.6 is 0 Å². The molecule has 0 aromatic heterocycles. The maximum atomic E-state index is 6.04. The van der Waals surface area contributed by atoms with Crippen molar-refractivity contribution in [3.05, 3.63) is 0 Å². The molecule has 0 radical (unpaired) electrons. The third kappa shape index (κ3) is 1.32. The normalized spacial score (nSPS) is 24.9. The molecule has 0 bridgehead atoms. The van der Waals surface area contributed by atoms with Gasteiger partial charge in [-0.05, 0) is 25.8 Å². The Hall–Kier alpha value is -0.0800. The molecule has 2 heteroatoms. The zero-order valence-electron chi connectivity index (χ0n) is 7.15. The zero-order chi connectivity index (χ0) is 7.78. The Balaban J connectivity index is 2.48. The highest BCUT2D eigenvalue weighted by Gasteiger charge is 2.45. The second-order valence-corrected chi connectivity index (χ2v) is 3.74. The molecule has 0 aromatic rings. The van der Waals surface area contributed by atoms with Crippen LogP contribution in [0.4, 0.5) is 0 Å². The van der Waals surface area contributed by atoms with Crippen LogP contribution in [-0.4, -0.2) is 18.6 Å². The van der Waals surface area contributed by atoms with Gasteiger partial charge in [0.2, 0.25) is 0 Å². The first kappa shape index (κ1) is 8.02. The van der Waals surface area contributed by atoms with Gasteiger partial charge >= 0.3 is 0 Å². The van der Waals surface area contributed by atoms with E-state index in [4.69, 9.17) is 5.73 Å². The third-order valence-corrected chi connectivity index (χ3v) is 2.42. The van der Waals surface area contributed by atoms with E-state index >= 15 is 0 Å². The van der Waals surface area contributed by atoms with Crippen molar-refractivity contribution in [1.82, 2.24) is 5.32 Å². The van der Waals surface area contributed by atoms with E-state index in [0.717, 1.165) is 0 Å². The molecule has 3 N–H and O–H groups in total. The SMILES string of the molecule is CNC(C(C)C)C1(N)CC1. The van der Waals surface area contributed by atoms with Crippen molar-refractivity contribution in [2.45, 2.75) is 38.3 Å². The van der Waals surface area contributed by atoms with Crippen LogP contribution in [0.25, 0.3) is 0 Å². The summed E-state index contributed by atoms with van der Waals surface area (Å²) in [5, 5.41) is 3.28. The summed E-state index contributed by atoms with van der Waals surface area (Å²) in [7, 11) is 2.00. The van der Waals surface area contributed by atoms with Gasteiger partial charge in [0, 0.05) is 11.6 Å². The summed E-state index contributed by atoms with van der Waals surface area (Å²) in [5.41, 5.74) is 6.17. The summed E-state index contributed by atoms with van der Waals surface area (Å²) >= 11 is 0. The van der Waals surface area contributed by atoms with Crippen LogP contribution in [0.1, 0.15) is 26.7 Å². The molecular formula is C8H18N2. The first-order chi connectivity index (χ1) is 4.60. The van der Waals surface area contributed by atoms with Crippen LogP contribution in [0.5, 0.6) is 0 Å². The highest BCUT2D eigenvalue weighted by Crippen LogP contribution is 2.38. The van der Waals surface area contributed by atoms with E-state index in [2.05, 4.69) is 19.2 Å². The molecule has 1 unspecified atom stereocenters. The average Bonchev–Trinajstić information content (AvgIpc) is 2.49. The van der Waals surface area contributed by atoms with Crippen molar-refractivity contribution in [2.24, 2.45) is 11.7 Å². The number of nitrogens with one attached hydrogen (secondary N) is 1. The van der Waals surface area contributed by atoms with E-state index in [9.17, 15) is 0 Å². The Morgan fingerprint density at radius 1 is 1.40 bits per heavy atom. The summed E-state index contributed by atoms with van der Waals surface area (Å²) in [6.07, 6.45) is 2.38. The summed E-state index contributed by atoms with van der Waals surface area (Å²) in [6.45, 7) is 4.43. The second kappa shape index (κ2) is 2.51. The molecule has 0 heterocycles. The minimum Gasteiger partial charge on any atom is -0.324 e. The lowest BCUT2D eigenvalue weighted by Gasteiger charge is -2.26. The molecule has 2 nitrogen and oxygen atoms in total. The Bertz CT molecular complexity index is 116. The highest BCUT2D eigenvalue weighted by molar-refractivity contribution is 5.08. The number of hydrogen-bond acceptors (Lipinski definition) is 2. The van der Waals surface area contributed by atoms with Gasteiger partial charge in [-0.3, -0.25) is 0 Å². The van der Waals surface area contributed by atoms with Crippen LogP contribution in [-0.2, 0) is 0 Å². The molecule has 10 heavy (non-hydrogen) atoms. The summed E-state index contributed by atoms with van der Waals surface area (Å²) in [5.74, 6) is 0.650. The predicted molar refractivity (Wildman–Crippen MR) is 43.8 cm³/mol. The Morgan fingerprint density at radius 3 is 2.00 bits per heavy atom. The molecule has 1 rings (SSSR count). The predicted octanol–water partition coefficient (Wildman–Crippen LogP) is 0.722. The average molecular weight is 142 g/mol. The van der Waals surface area contributed by atoms with Gasteiger partial charge in [-0.1, -0.05) is 13.8 Å². The van der Waals surface area contributed by atoms with Gasteiger partial charge in [0.1, 0.15) is 0 Å². The molecule has 1 saturated carbocycles. The maximum Gasteiger partial charge on any atom is 0.0313 e. The van der Waals surface area contributed by atoms with Crippen molar-refractivity contribution >= 4 is 0 Å². The summed E-state index contributed by atoms with van der Waals surface area (Å²) in [6, 6.07) is 0.507. The number of hydrogen-bond donors (Lipinski definition) is 2. The molecule has 0 saturated heterocycles. The van der Waals surface area contributed by atoms with E-state index in [1.165, 1.54) is 12.8 Å². The van der Waals surface area contributed by atoms with Crippen LogP contribution in [0, 0.1) is 5.92 Å². The minimum absolute atomic E-state index is 0.128. The number of likely N-dealkylation sites (N-methyl/N-ethyl adjacent to an activating group) is 1. The van der Waals surface area contributed by atoms with Crippen LogP contribution in [0.3, 0.4) is 0 Å². The van der Waals surface area contributed by atoms with Crippen molar-refractivity contribution < 1.29 is 0 Å². The Kier molecular flexibility index (Phi) is 2.02. The highest BCUT2D eigenvalue weighted by atomic mass is 15.0. The fourth-order valence-electron chi connectivity index (χ4n) is 1.74. The van der Waals surface area contributed by atoms with Gasteiger partial charge in [-0.15, -0.1) is 0 Å². The van der Waals surface area contributed by atoms with Gasteiger partial charge < -0.3 is 11.1 Å². The van der Waals surface area contributed by atoms with E-state index in [1.807, 2.05) is 7.05 Å². The van der Waals surface area contributed by atoms with Gasteiger partial charge in [-0.2, -0.15) is 0 Å². The fraction of sp³-hybridized carbons (Fsp3) is 1.00. The Morgan fingerprint density at radius 2 is 1.90 bits per heavy atom. The smallest absolute Gasteiger partial charge is 0.0313 e. The van der Waals surface area contributed by atoms with Gasteiger partial charge in [0.15, 0.2) is 0 Å². The number of rotatable bonds is 3. The molecule has 1 fully saturated rings. The largest absolute Gasteiger partial charge is 0.324 e. The zero-order valence-corrected chi connectivity index (χ0v) is 7.15. The number of nitrogens with two attached hydrogens (primary N) is 1. The molecule has 0 aliphatic heterocycles. The van der Waals surface area contributed by atoms with Crippen LogP contribution in [0.15, 0.2) is 0 Å². The lowest BCUT2D eigenvalue weighted by atomic mass is 9.95. The molecule has 1 aliphatic carbocycles.